The Morgan fingerprint density at radius 3 is 2.50 bits per heavy atom. The number of rotatable bonds is 8. The zero-order valence-electron chi connectivity index (χ0n) is 14.3. The van der Waals surface area contributed by atoms with Crippen LogP contribution in [0, 0.1) is 0 Å². The van der Waals surface area contributed by atoms with Crippen molar-refractivity contribution >= 4 is 40.7 Å². The minimum absolute atomic E-state index is 0.121. The van der Waals surface area contributed by atoms with Crippen molar-refractivity contribution in [3.8, 4) is 5.75 Å². The fourth-order valence-corrected chi connectivity index (χ4v) is 2.47. The third kappa shape index (κ3) is 6.94. The molecule has 2 rings (SSSR count). The largest absolute Gasteiger partial charge is 0.481 e. The van der Waals surface area contributed by atoms with E-state index in [1.165, 1.54) is 0 Å². The summed E-state index contributed by atoms with van der Waals surface area (Å²) in [5, 5.41) is 6.67. The lowest BCUT2D eigenvalue weighted by atomic mass is 10.2. The topological polar surface area (TPSA) is 67.4 Å². The normalized spacial score (nSPS) is 11.5. The number of hydrogen-bond donors (Lipinski definition) is 2. The van der Waals surface area contributed by atoms with Gasteiger partial charge in [0, 0.05) is 28.7 Å². The predicted molar refractivity (Wildman–Crippen MR) is 104 cm³/mol. The molecule has 0 spiro atoms. The highest BCUT2D eigenvalue weighted by atomic mass is 35.5. The van der Waals surface area contributed by atoms with Gasteiger partial charge >= 0.3 is 0 Å². The zero-order chi connectivity index (χ0) is 18.9. The number of benzene rings is 2. The number of nitrogens with one attached hydrogen (secondary N) is 2. The van der Waals surface area contributed by atoms with Crippen molar-refractivity contribution in [2.45, 2.75) is 25.9 Å². The van der Waals surface area contributed by atoms with Crippen molar-refractivity contribution in [3.63, 3.8) is 0 Å². The van der Waals surface area contributed by atoms with Crippen LogP contribution in [0.2, 0.25) is 10.0 Å². The molecule has 0 bridgehead atoms. The van der Waals surface area contributed by atoms with Gasteiger partial charge in [0.2, 0.25) is 5.91 Å². The van der Waals surface area contributed by atoms with Gasteiger partial charge in [-0.05, 0) is 55.8 Å². The molecule has 1 atom stereocenters. The molecule has 7 heteroatoms. The summed E-state index contributed by atoms with van der Waals surface area (Å²) in [6, 6.07) is 13.7. The summed E-state index contributed by atoms with van der Waals surface area (Å²) in [5.41, 5.74) is 0.687. The molecule has 0 aliphatic rings. The van der Waals surface area contributed by atoms with Crippen molar-refractivity contribution in [1.29, 1.82) is 0 Å². The van der Waals surface area contributed by atoms with Crippen molar-refractivity contribution in [1.82, 2.24) is 5.32 Å². The van der Waals surface area contributed by atoms with E-state index in [0.717, 1.165) is 0 Å². The van der Waals surface area contributed by atoms with Gasteiger partial charge < -0.3 is 15.4 Å². The molecule has 2 N–H and O–H groups in total. The first kappa shape index (κ1) is 20.1. The van der Waals surface area contributed by atoms with Crippen molar-refractivity contribution in [2.24, 2.45) is 0 Å². The molecule has 5 nitrogen and oxygen atoms in total. The number of carbonyl (C=O) groups is 2. The van der Waals surface area contributed by atoms with Gasteiger partial charge in [-0.1, -0.05) is 29.3 Å². The number of amides is 2. The molecule has 0 saturated heterocycles. The van der Waals surface area contributed by atoms with Gasteiger partial charge in [-0.2, -0.15) is 0 Å². The Labute approximate surface area is 162 Å². The standard InChI is InChI=1S/C19H20Cl2N2O3/c1-13(26-17-5-2-4-15(21)12-17)19(25)22-11-3-6-18(24)23-16-9-7-14(20)8-10-16/h2,4-5,7-10,12-13H,3,6,11H2,1H3,(H,22,25)(H,23,24). The van der Waals surface area contributed by atoms with Gasteiger partial charge in [-0.25, -0.2) is 0 Å². The molecule has 138 valence electrons. The van der Waals surface area contributed by atoms with Gasteiger partial charge in [0.1, 0.15) is 5.75 Å². The maximum Gasteiger partial charge on any atom is 0.260 e. The van der Waals surface area contributed by atoms with Crippen LogP contribution in [0.15, 0.2) is 48.5 Å². The molecule has 0 aromatic heterocycles. The van der Waals surface area contributed by atoms with E-state index in [9.17, 15) is 9.59 Å². The number of halogens is 2. The Balaban J connectivity index is 1.66. The van der Waals surface area contributed by atoms with Gasteiger partial charge in [-0.15, -0.1) is 0 Å². The lowest BCUT2D eigenvalue weighted by Gasteiger charge is -2.14. The molecule has 0 fully saturated rings. The molecule has 0 heterocycles. The van der Waals surface area contributed by atoms with E-state index in [-0.39, 0.29) is 11.8 Å². The van der Waals surface area contributed by atoms with Gasteiger partial charge in [0.15, 0.2) is 6.10 Å². The Morgan fingerprint density at radius 2 is 1.81 bits per heavy atom. The van der Waals surface area contributed by atoms with Crippen molar-refractivity contribution in [2.75, 3.05) is 11.9 Å². The molecular formula is C19H20Cl2N2O3. The molecule has 1 unspecified atom stereocenters. The predicted octanol–water partition coefficient (Wildman–Crippen LogP) is 4.30. The van der Waals surface area contributed by atoms with Crippen molar-refractivity contribution < 1.29 is 14.3 Å². The quantitative estimate of drug-likeness (QED) is 0.655. The Kier molecular flexibility index (Phi) is 7.75. The van der Waals surface area contributed by atoms with Crippen LogP contribution in [0.1, 0.15) is 19.8 Å². The SMILES string of the molecule is CC(Oc1cccc(Cl)c1)C(=O)NCCCC(=O)Nc1ccc(Cl)cc1. The van der Waals surface area contributed by atoms with Crippen LogP contribution >= 0.6 is 23.2 Å². The van der Waals surface area contributed by atoms with E-state index in [1.807, 2.05) is 0 Å². The van der Waals surface area contributed by atoms with E-state index in [4.69, 9.17) is 27.9 Å². The number of anilines is 1. The summed E-state index contributed by atoms with van der Waals surface area (Å²) in [6.45, 7) is 2.04. The van der Waals surface area contributed by atoms with Crippen LogP contribution in [0.4, 0.5) is 5.69 Å². The third-order valence-electron chi connectivity index (χ3n) is 3.49. The minimum Gasteiger partial charge on any atom is -0.481 e. The van der Waals surface area contributed by atoms with Crippen LogP contribution in [0.3, 0.4) is 0 Å². The second kappa shape index (κ2) is 10.0. The molecule has 26 heavy (non-hydrogen) atoms. The Bertz CT molecular complexity index is 751. The average molecular weight is 395 g/mol. The van der Waals surface area contributed by atoms with E-state index in [0.29, 0.717) is 40.9 Å². The van der Waals surface area contributed by atoms with Gasteiger partial charge in [0.05, 0.1) is 0 Å². The summed E-state index contributed by atoms with van der Waals surface area (Å²) < 4.78 is 5.54. The number of carbonyl (C=O) groups excluding carboxylic acids is 2. The number of hydrogen-bond acceptors (Lipinski definition) is 3. The Morgan fingerprint density at radius 1 is 1.08 bits per heavy atom. The maximum atomic E-state index is 12.0. The van der Waals surface area contributed by atoms with Crippen molar-refractivity contribution in [3.05, 3.63) is 58.6 Å². The lowest BCUT2D eigenvalue weighted by Crippen LogP contribution is -2.37. The highest BCUT2D eigenvalue weighted by Gasteiger charge is 2.14. The molecular weight excluding hydrogens is 375 g/mol. The third-order valence-corrected chi connectivity index (χ3v) is 3.97. The molecule has 0 aliphatic carbocycles. The highest BCUT2D eigenvalue weighted by molar-refractivity contribution is 6.31. The van der Waals surface area contributed by atoms with Crippen LogP contribution in [-0.4, -0.2) is 24.5 Å². The fraction of sp³-hybridized carbons (Fsp3) is 0.263. The summed E-state index contributed by atoms with van der Waals surface area (Å²) in [6.07, 6.45) is 0.165. The minimum atomic E-state index is -0.656. The average Bonchev–Trinajstić information content (AvgIpc) is 2.60. The molecule has 2 aromatic rings. The molecule has 0 saturated carbocycles. The number of ether oxygens (including phenoxy) is 1. The first-order valence-electron chi connectivity index (χ1n) is 8.19. The highest BCUT2D eigenvalue weighted by Crippen LogP contribution is 2.18. The maximum absolute atomic E-state index is 12.0. The lowest BCUT2D eigenvalue weighted by molar-refractivity contribution is -0.127. The molecule has 2 amide bonds. The Hall–Kier alpha value is -2.24. The van der Waals surface area contributed by atoms with Crippen LogP contribution in [-0.2, 0) is 9.59 Å². The van der Waals surface area contributed by atoms with E-state index in [1.54, 1.807) is 55.5 Å². The summed E-state index contributed by atoms with van der Waals surface area (Å²) >= 11 is 11.7. The summed E-state index contributed by atoms with van der Waals surface area (Å²) in [7, 11) is 0. The van der Waals surface area contributed by atoms with Gasteiger partial charge in [-0.3, -0.25) is 9.59 Å². The van der Waals surface area contributed by atoms with Gasteiger partial charge in [0.25, 0.3) is 5.91 Å². The van der Waals surface area contributed by atoms with Crippen LogP contribution in [0.5, 0.6) is 5.75 Å². The molecule has 2 aromatic carbocycles. The molecule has 0 radical (unpaired) electrons. The second-order valence-corrected chi connectivity index (χ2v) is 6.54. The summed E-state index contributed by atoms with van der Waals surface area (Å²) in [5.74, 6) is 0.162. The monoisotopic (exact) mass is 394 g/mol. The molecule has 0 aliphatic heterocycles. The van der Waals surface area contributed by atoms with Crippen LogP contribution < -0.4 is 15.4 Å². The fourth-order valence-electron chi connectivity index (χ4n) is 2.16. The second-order valence-electron chi connectivity index (χ2n) is 5.67. The van der Waals surface area contributed by atoms with E-state index in [2.05, 4.69) is 10.6 Å². The van der Waals surface area contributed by atoms with E-state index < -0.39 is 6.10 Å². The summed E-state index contributed by atoms with van der Waals surface area (Å²) in [4.78, 5) is 23.9. The first-order chi connectivity index (χ1) is 12.4. The smallest absolute Gasteiger partial charge is 0.260 e. The first-order valence-corrected chi connectivity index (χ1v) is 8.95. The van der Waals surface area contributed by atoms with E-state index >= 15 is 0 Å². The zero-order valence-corrected chi connectivity index (χ0v) is 15.8. The van der Waals surface area contributed by atoms with Crippen LogP contribution in [0.25, 0.3) is 0 Å².